The standard InChI is InChI=1S/C20H24N2O2/c1-14(23)21-17-9-5-15(6-10-17)13-19(24)22-18-11-7-16(8-12-18)20(2,3)4/h5-12H,13H2,1-4H3,(H,21,23)(H,22,24). The highest BCUT2D eigenvalue weighted by atomic mass is 16.2. The van der Waals surface area contributed by atoms with Gasteiger partial charge in [0.25, 0.3) is 0 Å². The number of carbonyl (C=O) groups is 2. The van der Waals surface area contributed by atoms with Crippen molar-refractivity contribution >= 4 is 23.2 Å². The third-order valence-corrected chi connectivity index (χ3v) is 3.67. The van der Waals surface area contributed by atoms with Gasteiger partial charge in [0.05, 0.1) is 6.42 Å². The fraction of sp³-hybridized carbons (Fsp3) is 0.300. The third-order valence-electron chi connectivity index (χ3n) is 3.67. The number of rotatable bonds is 4. The van der Waals surface area contributed by atoms with Gasteiger partial charge in [0, 0.05) is 18.3 Å². The van der Waals surface area contributed by atoms with Crippen molar-refractivity contribution in [3.05, 3.63) is 59.7 Å². The number of nitrogens with one attached hydrogen (secondary N) is 2. The second-order valence-corrected chi connectivity index (χ2v) is 6.93. The first-order valence-electron chi connectivity index (χ1n) is 8.01. The van der Waals surface area contributed by atoms with E-state index < -0.39 is 0 Å². The average Bonchev–Trinajstić information content (AvgIpc) is 2.48. The number of hydrogen-bond donors (Lipinski definition) is 2. The molecule has 0 aliphatic rings. The van der Waals surface area contributed by atoms with Gasteiger partial charge in [-0.05, 0) is 40.8 Å². The van der Waals surface area contributed by atoms with E-state index in [-0.39, 0.29) is 17.2 Å². The van der Waals surface area contributed by atoms with Crippen LogP contribution in [0.4, 0.5) is 11.4 Å². The zero-order chi connectivity index (χ0) is 17.7. The van der Waals surface area contributed by atoms with Crippen LogP contribution in [0.1, 0.15) is 38.8 Å². The van der Waals surface area contributed by atoms with Crippen LogP contribution in [0.25, 0.3) is 0 Å². The molecule has 0 heterocycles. The molecule has 0 fully saturated rings. The molecule has 0 atom stereocenters. The number of carbonyl (C=O) groups excluding carboxylic acids is 2. The zero-order valence-electron chi connectivity index (χ0n) is 14.6. The molecule has 0 saturated carbocycles. The molecule has 0 radical (unpaired) electrons. The van der Waals surface area contributed by atoms with Crippen LogP contribution in [-0.2, 0) is 21.4 Å². The van der Waals surface area contributed by atoms with Crippen LogP contribution in [0.3, 0.4) is 0 Å². The van der Waals surface area contributed by atoms with E-state index in [9.17, 15) is 9.59 Å². The minimum Gasteiger partial charge on any atom is -0.326 e. The molecule has 0 unspecified atom stereocenters. The van der Waals surface area contributed by atoms with Gasteiger partial charge < -0.3 is 10.6 Å². The molecule has 2 amide bonds. The zero-order valence-corrected chi connectivity index (χ0v) is 14.6. The van der Waals surface area contributed by atoms with E-state index in [0.717, 1.165) is 16.9 Å². The fourth-order valence-corrected chi connectivity index (χ4v) is 2.35. The minimum absolute atomic E-state index is 0.0641. The van der Waals surface area contributed by atoms with Crippen LogP contribution < -0.4 is 10.6 Å². The molecule has 126 valence electrons. The van der Waals surface area contributed by atoms with Crippen molar-refractivity contribution < 1.29 is 9.59 Å². The summed E-state index contributed by atoms with van der Waals surface area (Å²) in [7, 11) is 0. The molecule has 2 rings (SSSR count). The molecule has 4 nitrogen and oxygen atoms in total. The van der Waals surface area contributed by atoms with E-state index in [2.05, 4.69) is 31.4 Å². The Kier molecular flexibility index (Phi) is 5.39. The SMILES string of the molecule is CC(=O)Nc1ccc(CC(=O)Nc2ccc(C(C)(C)C)cc2)cc1. The molecule has 0 aliphatic carbocycles. The Morgan fingerprint density at radius 2 is 1.33 bits per heavy atom. The Bertz CT molecular complexity index is 711. The van der Waals surface area contributed by atoms with Crippen LogP contribution >= 0.6 is 0 Å². The first-order chi connectivity index (χ1) is 11.2. The van der Waals surface area contributed by atoms with Gasteiger partial charge in [-0.15, -0.1) is 0 Å². The van der Waals surface area contributed by atoms with Crippen molar-refractivity contribution in [2.45, 2.75) is 39.5 Å². The van der Waals surface area contributed by atoms with E-state index in [1.807, 2.05) is 36.4 Å². The summed E-state index contributed by atoms with van der Waals surface area (Å²) in [5, 5.41) is 5.61. The van der Waals surface area contributed by atoms with E-state index in [1.165, 1.54) is 12.5 Å². The molecular formula is C20H24N2O2. The van der Waals surface area contributed by atoms with Crippen molar-refractivity contribution in [1.29, 1.82) is 0 Å². The predicted octanol–water partition coefficient (Wildman–Crippen LogP) is 4.12. The second-order valence-electron chi connectivity index (χ2n) is 6.93. The largest absolute Gasteiger partial charge is 0.326 e. The van der Waals surface area contributed by atoms with Gasteiger partial charge in [0.15, 0.2) is 0 Å². The third kappa shape index (κ3) is 5.23. The van der Waals surface area contributed by atoms with Gasteiger partial charge >= 0.3 is 0 Å². The topological polar surface area (TPSA) is 58.2 Å². The second kappa shape index (κ2) is 7.30. The summed E-state index contributed by atoms with van der Waals surface area (Å²) >= 11 is 0. The molecule has 0 aromatic heterocycles. The number of anilines is 2. The van der Waals surface area contributed by atoms with Crippen LogP contribution in [0.5, 0.6) is 0 Å². The van der Waals surface area contributed by atoms with Crippen molar-refractivity contribution in [2.24, 2.45) is 0 Å². The molecule has 24 heavy (non-hydrogen) atoms. The van der Waals surface area contributed by atoms with E-state index in [4.69, 9.17) is 0 Å². The first-order valence-corrected chi connectivity index (χ1v) is 8.01. The number of amides is 2. The monoisotopic (exact) mass is 324 g/mol. The maximum atomic E-state index is 12.1. The van der Waals surface area contributed by atoms with Gasteiger partial charge in [-0.1, -0.05) is 45.0 Å². The van der Waals surface area contributed by atoms with Gasteiger partial charge in [-0.2, -0.15) is 0 Å². The summed E-state index contributed by atoms with van der Waals surface area (Å²) in [6, 6.07) is 15.2. The van der Waals surface area contributed by atoms with Crippen LogP contribution in [0.15, 0.2) is 48.5 Å². The van der Waals surface area contributed by atoms with Crippen LogP contribution in [-0.4, -0.2) is 11.8 Å². The summed E-state index contributed by atoms with van der Waals surface area (Å²) in [6.45, 7) is 7.94. The number of benzene rings is 2. The minimum atomic E-state index is -0.112. The lowest BCUT2D eigenvalue weighted by Gasteiger charge is -2.19. The highest BCUT2D eigenvalue weighted by Gasteiger charge is 2.13. The molecule has 0 aliphatic heterocycles. The van der Waals surface area contributed by atoms with Crippen LogP contribution in [0.2, 0.25) is 0 Å². The van der Waals surface area contributed by atoms with Gasteiger partial charge in [0.1, 0.15) is 0 Å². The normalized spacial score (nSPS) is 11.0. The summed E-state index contributed by atoms with van der Waals surface area (Å²) in [6.07, 6.45) is 0.293. The molecule has 0 bridgehead atoms. The molecule has 0 spiro atoms. The van der Waals surface area contributed by atoms with Crippen molar-refractivity contribution in [3.63, 3.8) is 0 Å². The van der Waals surface area contributed by atoms with Gasteiger partial charge in [-0.25, -0.2) is 0 Å². The maximum absolute atomic E-state index is 12.1. The first kappa shape index (κ1) is 17.7. The summed E-state index contributed by atoms with van der Waals surface area (Å²) in [4.78, 5) is 23.1. The lowest BCUT2D eigenvalue weighted by molar-refractivity contribution is -0.116. The molecule has 4 heteroatoms. The molecule has 2 aromatic carbocycles. The Balaban J connectivity index is 1.94. The van der Waals surface area contributed by atoms with Crippen LogP contribution in [0, 0.1) is 0 Å². The van der Waals surface area contributed by atoms with Crippen molar-refractivity contribution in [1.82, 2.24) is 0 Å². The smallest absolute Gasteiger partial charge is 0.228 e. The Hall–Kier alpha value is -2.62. The molecule has 0 saturated heterocycles. The maximum Gasteiger partial charge on any atom is 0.228 e. The van der Waals surface area contributed by atoms with E-state index in [1.54, 1.807) is 12.1 Å². The summed E-state index contributed by atoms with van der Waals surface area (Å²) < 4.78 is 0. The molecule has 2 N–H and O–H groups in total. The Morgan fingerprint density at radius 1 is 0.833 bits per heavy atom. The highest BCUT2D eigenvalue weighted by Crippen LogP contribution is 2.23. The van der Waals surface area contributed by atoms with E-state index >= 15 is 0 Å². The quantitative estimate of drug-likeness (QED) is 0.888. The lowest BCUT2D eigenvalue weighted by atomic mass is 9.87. The van der Waals surface area contributed by atoms with Gasteiger partial charge in [-0.3, -0.25) is 9.59 Å². The highest BCUT2D eigenvalue weighted by molar-refractivity contribution is 5.92. The van der Waals surface area contributed by atoms with Crippen molar-refractivity contribution in [2.75, 3.05) is 10.6 Å². The predicted molar refractivity (Wildman–Crippen MR) is 98.2 cm³/mol. The summed E-state index contributed by atoms with van der Waals surface area (Å²) in [5.41, 5.74) is 3.74. The number of hydrogen-bond acceptors (Lipinski definition) is 2. The van der Waals surface area contributed by atoms with Gasteiger partial charge in [0.2, 0.25) is 11.8 Å². The fourth-order valence-electron chi connectivity index (χ4n) is 2.35. The summed E-state index contributed by atoms with van der Waals surface area (Å²) in [5.74, 6) is -0.176. The van der Waals surface area contributed by atoms with Crippen molar-refractivity contribution in [3.8, 4) is 0 Å². The lowest BCUT2D eigenvalue weighted by Crippen LogP contribution is -2.15. The average molecular weight is 324 g/mol. The molecular weight excluding hydrogens is 300 g/mol. The van der Waals surface area contributed by atoms with E-state index in [0.29, 0.717) is 6.42 Å². The molecule has 2 aromatic rings. The Morgan fingerprint density at radius 3 is 1.83 bits per heavy atom. The Labute approximate surface area is 143 Å².